The van der Waals surface area contributed by atoms with Crippen LogP contribution in [0.1, 0.15) is 19.3 Å². The first-order valence-corrected chi connectivity index (χ1v) is 7.54. The molecule has 2 heterocycles. The molecule has 1 aliphatic heterocycles. The predicted octanol–water partition coefficient (Wildman–Crippen LogP) is 2.50. The molecule has 2 aliphatic rings. The van der Waals surface area contributed by atoms with Gasteiger partial charge in [0.05, 0.1) is 11.9 Å². The number of pyridine rings is 1. The highest BCUT2D eigenvalue weighted by molar-refractivity contribution is 5.45. The van der Waals surface area contributed by atoms with Crippen LogP contribution in [0, 0.1) is 17.8 Å². The average molecular weight is 259 g/mol. The first-order valence-electron chi connectivity index (χ1n) is 7.54. The highest BCUT2D eigenvalue weighted by Gasteiger charge is 2.40. The molecular weight excluding hydrogens is 234 g/mol. The van der Waals surface area contributed by atoms with E-state index in [1.807, 2.05) is 12.4 Å². The molecular formula is C16H25N3. The molecule has 0 amide bonds. The van der Waals surface area contributed by atoms with E-state index in [9.17, 15) is 0 Å². The van der Waals surface area contributed by atoms with Crippen LogP contribution in [0.2, 0.25) is 0 Å². The molecule has 0 spiro atoms. The summed E-state index contributed by atoms with van der Waals surface area (Å²) in [7, 11) is 4.41. The summed E-state index contributed by atoms with van der Waals surface area (Å²) in [5.41, 5.74) is 1.31. The van der Waals surface area contributed by atoms with Crippen molar-refractivity contribution in [1.82, 2.24) is 9.88 Å². The van der Waals surface area contributed by atoms with E-state index in [2.05, 4.69) is 41.0 Å². The molecule has 0 radical (unpaired) electrons. The lowest BCUT2D eigenvalue weighted by Gasteiger charge is -2.34. The standard InChI is InChI=1S/C16H25N3/c1-18(2)10-13-5-3-6-14-11-19(12-16(13)14)15-7-4-8-17-9-15/h4,7-9,13-14,16H,3,5-6,10-12H2,1-2H3/t13-,14+,16+/m0/s1. The maximum absolute atomic E-state index is 4.26. The first kappa shape index (κ1) is 12.9. The van der Waals surface area contributed by atoms with Crippen LogP contribution in [0.15, 0.2) is 24.5 Å². The Morgan fingerprint density at radius 2 is 2.21 bits per heavy atom. The van der Waals surface area contributed by atoms with Gasteiger partial charge in [0, 0.05) is 25.8 Å². The van der Waals surface area contributed by atoms with Crippen LogP contribution in [-0.2, 0) is 0 Å². The van der Waals surface area contributed by atoms with Gasteiger partial charge in [-0.1, -0.05) is 6.42 Å². The minimum atomic E-state index is 0.885. The molecule has 3 atom stereocenters. The van der Waals surface area contributed by atoms with Crippen molar-refractivity contribution in [2.24, 2.45) is 17.8 Å². The molecule has 0 aromatic carbocycles. The van der Waals surface area contributed by atoms with E-state index < -0.39 is 0 Å². The van der Waals surface area contributed by atoms with Gasteiger partial charge in [-0.05, 0) is 56.8 Å². The third kappa shape index (κ3) is 2.76. The van der Waals surface area contributed by atoms with Gasteiger partial charge in [0.25, 0.3) is 0 Å². The zero-order chi connectivity index (χ0) is 13.2. The third-order valence-corrected chi connectivity index (χ3v) is 4.86. The Morgan fingerprint density at radius 1 is 1.32 bits per heavy atom. The summed E-state index contributed by atoms with van der Waals surface area (Å²) in [5, 5.41) is 0. The van der Waals surface area contributed by atoms with Gasteiger partial charge in [-0.2, -0.15) is 0 Å². The normalized spacial score (nSPS) is 30.7. The fraction of sp³-hybridized carbons (Fsp3) is 0.688. The van der Waals surface area contributed by atoms with Crippen LogP contribution in [0.4, 0.5) is 5.69 Å². The number of nitrogens with zero attached hydrogens (tertiary/aromatic N) is 3. The molecule has 1 aliphatic carbocycles. The van der Waals surface area contributed by atoms with Gasteiger partial charge in [-0.3, -0.25) is 4.98 Å². The van der Waals surface area contributed by atoms with Gasteiger partial charge in [0.2, 0.25) is 0 Å². The zero-order valence-electron chi connectivity index (χ0n) is 12.1. The van der Waals surface area contributed by atoms with E-state index in [0.29, 0.717) is 0 Å². The van der Waals surface area contributed by atoms with Gasteiger partial charge in [0.1, 0.15) is 0 Å². The van der Waals surface area contributed by atoms with Crippen LogP contribution in [0.25, 0.3) is 0 Å². The SMILES string of the molecule is CN(C)C[C@@H]1CCC[C@@H]2CN(c3cccnc3)C[C@@H]21. The van der Waals surface area contributed by atoms with Crippen molar-refractivity contribution in [3.05, 3.63) is 24.5 Å². The van der Waals surface area contributed by atoms with Crippen LogP contribution >= 0.6 is 0 Å². The molecule has 1 saturated heterocycles. The minimum Gasteiger partial charge on any atom is -0.370 e. The molecule has 1 aromatic rings. The van der Waals surface area contributed by atoms with Crippen molar-refractivity contribution < 1.29 is 0 Å². The number of rotatable bonds is 3. The van der Waals surface area contributed by atoms with Crippen LogP contribution < -0.4 is 4.90 Å². The number of aromatic nitrogens is 1. The number of fused-ring (bicyclic) bond motifs is 1. The molecule has 0 N–H and O–H groups in total. The predicted molar refractivity (Wildman–Crippen MR) is 79.3 cm³/mol. The molecule has 0 unspecified atom stereocenters. The summed E-state index contributed by atoms with van der Waals surface area (Å²) in [4.78, 5) is 9.18. The molecule has 2 fully saturated rings. The number of hydrogen-bond donors (Lipinski definition) is 0. The highest BCUT2D eigenvalue weighted by Crippen LogP contribution is 2.41. The fourth-order valence-corrected chi connectivity index (χ4v) is 4.04. The van der Waals surface area contributed by atoms with Crippen molar-refractivity contribution in [2.75, 3.05) is 38.6 Å². The zero-order valence-corrected chi connectivity index (χ0v) is 12.1. The molecule has 0 bridgehead atoms. The van der Waals surface area contributed by atoms with Crippen molar-refractivity contribution in [3.63, 3.8) is 0 Å². The Kier molecular flexibility index (Phi) is 3.74. The summed E-state index contributed by atoms with van der Waals surface area (Å²) in [5.74, 6) is 2.67. The average Bonchev–Trinajstić information content (AvgIpc) is 2.84. The Morgan fingerprint density at radius 3 is 2.95 bits per heavy atom. The van der Waals surface area contributed by atoms with Gasteiger partial charge < -0.3 is 9.80 Å². The second-order valence-corrected chi connectivity index (χ2v) is 6.49. The van der Waals surface area contributed by atoms with E-state index in [4.69, 9.17) is 0 Å². The van der Waals surface area contributed by atoms with Crippen molar-refractivity contribution in [3.8, 4) is 0 Å². The quantitative estimate of drug-likeness (QED) is 0.831. The maximum atomic E-state index is 4.26. The van der Waals surface area contributed by atoms with E-state index >= 15 is 0 Å². The summed E-state index contributed by atoms with van der Waals surface area (Å²) in [6, 6.07) is 4.25. The smallest absolute Gasteiger partial charge is 0.0552 e. The van der Waals surface area contributed by atoms with E-state index in [0.717, 1.165) is 17.8 Å². The fourth-order valence-electron chi connectivity index (χ4n) is 4.04. The Hall–Kier alpha value is -1.09. The summed E-state index contributed by atoms with van der Waals surface area (Å²) in [6.07, 6.45) is 8.13. The lowest BCUT2D eigenvalue weighted by Crippen LogP contribution is -2.34. The monoisotopic (exact) mass is 259 g/mol. The summed E-state index contributed by atoms with van der Waals surface area (Å²) < 4.78 is 0. The van der Waals surface area contributed by atoms with Crippen molar-refractivity contribution in [2.45, 2.75) is 19.3 Å². The number of hydrogen-bond acceptors (Lipinski definition) is 3. The van der Waals surface area contributed by atoms with E-state index in [1.54, 1.807) is 0 Å². The van der Waals surface area contributed by atoms with Gasteiger partial charge >= 0.3 is 0 Å². The lowest BCUT2D eigenvalue weighted by atomic mass is 9.74. The van der Waals surface area contributed by atoms with Crippen molar-refractivity contribution >= 4 is 5.69 Å². The van der Waals surface area contributed by atoms with Crippen molar-refractivity contribution in [1.29, 1.82) is 0 Å². The maximum Gasteiger partial charge on any atom is 0.0552 e. The molecule has 19 heavy (non-hydrogen) atoms. The lowest BCUT2D eigenvalue weighted by molar-refractivity contribution is 0.160. The molecule has 3 heteroatoms. The highest BCUT2D eigenvalue weighted by atomic mass is 15.2. The topological polar surface area (TPSA) is 19.4 Å². The minimum absolute atomic E-state index is 0.885. The second kappa shape index (κ2) is 5.49. The molecule has 3 rings (SSSR count). The summed E-state index contributed by atoms with van der Waals surface area (Å²) in [6.45, 7) is 3.72. The van der Waals surface area contributed by atoms with Crippen LogP contribution in [-0.4, -0.2) is 43.6 Å². The largest absolute Gasteiger partial charge is 0.370 e. The molecule has 104 valence electrons. The van der Waals surface area contributed by atoms with E-state index in [-0.39, 0.29) is 0 Å². The Balaban J connectivity index is 1.71. The van der Waals surface area contributed by atoms with Gasteiger partial charge in [0.15, 0.2) is 0 Å². The molecule has 1 saturated carbocycles. The second-order valence-electron chi connectivity index (χ2n) is 6.49. The Bertz CT molecular complexity index is 404. The number of anilines is 1. The Labute approximate surface area is 116 Å². The van der Waals surface area contributed by atoms with Crippen LogP contribution in [0.5, 0.6) is 0 Å². The van der Waals surface area contributed by atoms with Gasteiger partial charge in [-0.25, -0.2) is 0 Å². The third-order valence-electron chi connectivity index (χ3n) is 4.86. The molecule has 1 aromatic heterocycles. The van der Waals surface area contributed by atoms with Crippen LogP contribution in [0.3, 0.4) is 0 Å². The van der Waals surface area contributed by atoms with E-state index in [1.165, 1.54) is 44.6 Å². The first-order chi connectivity index (χ1) is 9.24. The molecule has 3 nitrogen and oxygen atoms in total. The van der Waals surface area contributed by atoms with Gasteiger partial charge in [-0.15, -0.1) is 0 Å². The summed E-state index contributed by atoms with van der Waals surface area (Å²) >= 11 is 0.